The Labute approximate surface area is 122 Å². The van der Waals surface area contributed by atoms with Crippen LogP contribution in [0.2, 0.25) is 0 Å². The molecule has 0 aliphatic carbocycles. The van der Waals surface area contributed by atoms with Crippen LogP contribution in [0.4, 0.5) is 0 Å². The Hall–Kier alpha value is -2.27. The van der Waals surface area contributed by atoms with Gasteiger partial charge in [-0.2, -0.15) is 4.98 Å². The largest absolute Gasteiger partial charge is 0.370 e. The van der Waals surface area contributed by atoms with E-state index in [0.717, 1.165) is 35.9 Å². The smallest absolute Gasteiger partial charge is 0.258 e. The van der Waals surface area contributed by atoms with E-state index in [1.165, 1.54) is 5.56 Å². The second-order valence-corrected chi connectivity index (χ2v) is 5.32. The lowest BCUT2D eigenvalue weighted by Crippen LogP contribution is -1.97. The summed E-state index contributed by atoms with van der Waals surface area (Å²) in [5.74, 6) is 1.18. The van der Waals surface area contributed by atoms with Gasteiger partial charge >= 0.3 is 0 Å². The average molecular weight is 281 g/mol. The topological polar surface area (TPSA) is 61.0 Å². The van der Waals surface area contributed by atoms with Crippen molar-refractivity contribution in [3.05, 3.63) is 41.9 Å². The van der Waals surface area contributed by atoms with Crippen LogP contribution in [0.25, 0.3) is 22.4 Å². The Kier molecular flexibility index (Phi) is 2.93. The second-order valence-electron chi connectivity index (χ2n) is 5.32. The van der Waals surface area contributed by atoms with Gasteiger partial charge in [-0.25, -0.2) is 0 Å². The highest BCUT2D eigenvalue weighted by molar-refractivity contribution is 5.85. The number of hydrogen-bond acceptors (Lipinski definition) is 5. The molecule has 0 bridgehead atoms. The molecule has 1 aliphatic rings. The fraction of sp³-hybridized carbons (Fsp3) is 0.312. The van der Waals surface area contributed by atoms with E-state index in [2.05, 4.69) is 22.0 Å². The number of aromatic nitrogens is 3. The fourth-order valence-electron chi connectivity index (χ4n) is 2.68. The van der Waals surface area contributed by atoms with Crippen molar-refractivity contribution in [1.29, 1.82) is 0 Å². The van der Waals surface area contributed by atoms with Gasteiger partial charge in [-0.3, -0.25) is 4.98 Å². The van der Waals surface area contributed by atoms with E-state index in [4.69, 9.17) is 9.26 Å². The summed E-state index contributed by atoms with van der Waals surface area (Å²) in [7, 11) is 0. The molecule has 5 heteroatoms. The molecule has 2 aromatic heterocycles. The molecule has 1 aromatic carbocycles. The van der Waals surface area contributed by atoms with E-state index in [1.807, 2.05) is 30.5 Å². The van der Waals surface area contributed by atoms with Crippen molar-refractivity contribution in [2.45, 2.75) is 25.9 Å². The zero-order valence-corrected chi connectivity index (χ0v) is 11.7. The fourth-order valence-corrected chi connectivity index (χ4v) is 2.68. The maximum Gasteiger partial charge on any atom is 0.258 e. The summed E-state index contributed by atoms with van der Waals surface area (Å²) >= 11 is 0. The highest BCUT2D eigenvalue weighted by Crippen LogP contribution is 2.29. The Morgan fingerprint density at radius 2 is 2.19 bits per heavy atom. The summed E-state index contributed by atoms with van der Waals surface area (Å²) in [6.45, 7) is 2.84. The van der Waals surface area contributed by atoms with E-state index in [0.29, 0.717) is 11.7 Å². The maximum atomic E-state index is 5.58. The van der Waals surface area contributed by atoms with E-state index in [1.54, 1.807) is 0 Å². The Balaban J connectivity index is 1.74. The molecule has 1 aliphatic heterocycles. The molecule has 0 saturated carbocycles. The van der Waals surface area contributed by atoms with Gasteiger partial charge in [-0.15, -0.1) is 0 Å². The zero-order chi connectivity index (χ0) is 14.2. The molecular weight excluding hydrogens is 266 g/mol. The molecule has 4 rings (SSSR count). The third kappa shape index (κ3) is 2.19. The van der Waals surface area contributed by atoms with Crippen molar-refractivity contribution in [3.63, 3.8) is 0 Å². The minimum atomic E-state index is -0.0219. The Morgan fingerprint density at radius 1 is 1.24 bits per heavy atom. The number of ether oxygens (including phenoxy) is 1. The number of rotatable bonds is 2. The van der Waals surface area contributed by atoms with Crippen molar-refractivity contribution < 1.29 is 9.26 Å². The van der Waals surface area contributed by atoms with Gasteiger partial charge in [0, 0.05) is 23.8 Å². The van der Waals surface area contributed by atoms with Crippen LogP contribution in [0.1, 0.15) is 30.3 Å². The lowest BCUT2D eigenvalue weighted by molar-refractivity contribution is 0.103. The first-order valence-electron chi connectivity index (χ1n) is 7.12. The van der Waals surface area contributed by atoms with Gasteiger partial charge in [0.2, 0.25) is 5.82 Å². The SMILES string of the molecule is Cc1ccnc2ccc(-c3nc(C4CCCO4)no3)cc12. The molecular formula is C16H15N3O2. The van der Waals surface area contributed by atoms with E-state index >= 15 is 0 Å². The van der Waals surface area contributed by atoms with Crippen LogP contribution in [0.15, 0.2) is 35.0 Å². The quantitative estimate of drug-likeness (QED) is 0.720. The first-order valence-corrected chi connectivity index (χ1v) is 7.12. The zero-order valence-electron chi connectivity index (χ0n) is 11.7. The van der Waals surface area contributed by atoms with Crippen molar-refractivity contribution >= 4 is 10.9 Å². The summed E-state index contributed by atoms with van der Waals surface area (Å²) in [6, 6.07) is 7.98. The van der Waals surface area contributed by atoms with Gasteiger partial charge < -0.3 is 9.26 Å². The minimum absolute atomic E-state index is 0.0219. The predicted molar refractivity (Wildman–Crippen MR) is 77.7 cm³/mol. The van der Waals surface area contributed by atoms with Gasteiger partial charge in [0.05, 0.1) is 5.52 Å². The molecule has 5 nitrogen and oxygen atoms in total. The summed E-state index contributed by atoms with van der Waals surface area (Å²) in [5, 5.41) is 5.15. The third-order valence-electron chi connectivity index (χ3n) is 3.87. The summed E-state index contributed by atoms with van der Waals surface area (Å²) in [6.07, 6.45) is 3.81. The molecule has 106 valence electrons. The molecule has 0 radical (unpaired) electrons. The van der Waals surface area contributed by atoms with Crippen molar-refractivity contribution in [3.8, 4) is 11.5 Å². The monoisotopic (exact) mass is 281 g/mol. The first kappa shape index (κ1) is 12.5. The number of benzene rings is 1. The van der Waals surface area contributed by atoms with E-state index < -0.39 is 0 Å². The predicted octanol–water partition coefficient (Wildman–Crippen LogP) is 3.44. The summed E-state index contributed by atoms with van der Waals surface area (Å²) < 4.78 is 11.0. The number of fused-ring (bicyclic) bond motifs is 1. The van der Waals surface area contributed by atoms with Crippen LogP contribution in [-0.4, -0.2) is 21.7 Å². The van der Waals surface area contributed by atoms with Gasteiger partial charge in [0.1, 0.15) is 6.10 Å². The van der Waals surface area contributed by atoms with Gasteiger partial charge in [0.15, 0.2) is 0 Å². The molecule has 1 saturated heterocycles. The van der Waals surface area contributed by atoms with Crippen LogP contribution in [-0.2, 0) is 4.74 Å². The Morgan fingerprint density at radius 3 is 3.05 bits per heavy atom. The lowest BCUT2D eigenvalue weighted by Gasteiger charge is -2.02. The second kappa shape index (κ2) is 4.93. The van der Waals surface area contributed by atoms with Crippen molar-refractivity contribution in [1.82, 2.24) is 15.1 Å². The number of hydrogen-bond donors (Lipinski definition) is 0. The molecule has 0 amide bonds. The highest BCUT2D eigenvalue weighted by Gasteiger charge is 2.23. The van der Waals surface area contributed by atoms with Crippen molar-refractivity contribution in [2.75, 3.05) is 6.61 Å². The number of aryl methyl sites for hydroxylation is 1. The number of nitrogens with zero attached hydrogens (tertiary/aromatic N) is 3. The molecule has 3 heterocycles. The lowest BCUT2D eigenvalue weighted by atomic mass is 10.1. The van der Waals surface area contributed by atoms with Gasteiger partial charge in [-0.1, -0.05) is 5.16 Å². The van der Waals surface area contributed by atoms with Gasteiger partial charge in [0.25, 0.3) is 5.89 Å². The van der Waals surface area contributed by atoms with Crippen LogP contribution < -0.4 is 0 Å². The number of pyridine rings is 1. The molecule has 3 aromatic rings. The van der Waals surface area contributed by atoms with Crippen LogP contribution in [0, 0.1) is 6.92 Å². The van der Waals surface area contributed by atoms with Crippen molar-refractivity contribution in [2.24, 2.45) is 0 Å². The molecule has 1 atom stereocenters. The molecule has 0 N–H and O–H groups in total. The van der Waals surface area contributed by atoms with Gasteiger partial charge in [-0.05, 0) is 49.6 Å². The maximum absolute atomic E-state index is 5.58. The van der Waals surface area contributed by atoms with E-state index in [-0.39, 0.29) is 6.10 Å². The molecule has 1 unspecified atom stereocenters. The standard InChI is InChI=1S/C16H15N3O2/c1-10-6-7-17-13-5-4-11(9-12(10)13)16-18-15(19-21-16)14-3-2-8-20-14/h4-7,9,14H,2-3,8H2,1H3. The highest BCUT2D eigenvalue weighted by atomic mass is 16.5. The van der Waals surface area contributed by atoms with Crippen LogP contribution >= 0.6 is 0 Å². The molecule has 1 fully saturated rings. The Bertz CT molecular complexity index is 791. The average Bonchev–Trinajstić information content (AvgIpc) is 3.18. The normalized spacial score (nSPS) is 18.4. The van der Waals surface area contributed by atoms with Crippen LogP contribution in [0.3, 0.4) is 0 Å². The summed E-state index contributed by atoms with van der Waals surface area (Å²) in [4.78, 5) is 8.83. The van der Waals surface area contributed by atoms with Crippen LogP contribution in [0.5, 0.6) is 0 Å². The summed E-state index contributed by atoms with van der Waals surface area (Å²) in [5.41, 5.74) is 3.06. The minimum Gasteiger partial charge on any atom is -0.370 e. The molecule has 0 spiro atoms. The molecule has 21 heavy (non-hydrogen) atoms. The first-order chi connectivity index (χ1) is 10.3. The third-order valence-corrected chi connectivity index (χ3v) is 3.87. The van der Waals surface area contributed by atoms with E-state index in [9.17, 15) is 0 Å².